The normalized spacial score (nSPS) is 15.7. The number of dihydropyridines is 1. The van der Waals surface area contributed by atoms with Crippen LogP contribution >= 0.6 is 11.3 Å². The van der Waals surface area contributed by atoms with Gasteiger partial charge in [-0.3, -0.25) is 14.4 Å². The number of amides is 3. The van der Waals surface area contributed by atoms with Crippen LogP contribution in [-0.2, 0) is 20.8 Å². The third-order valence-electron chi connectivity index (χ3n) is 4.12. The summed E-state index contributed by atoms with van der Waals surface area (Å²) in [4.78, 5) is 43.8. The van der Waals surface area contributed by atoms with E-state index >= 15 is 0 Å². The monoisotopic (exact) mass is 396 g/mol. The summed E-state index contributed by atoms with van der Waals surface area (Å²) in [6.45, 7) is 4.22. The second-order valence-corrected chi connectivity index (χ2v) is 7.47. The zero-order valence-electron chi connectivity index (χ0n) is 15.5. The highest BCUT2D eigenvalue weighted by molar-refractivity contribution is 7.14. The number of allylic oxidation sites excluding steroid dienone is 1. The molecule has 8 heteroatoms. The van der Waals surface area contributed by atoms with Crippen molar-refractivity contribution in [2.75, 3.05) is 10.6 Å². The molecule has 0 saturated carbocycles. The highest BCUT2D eigenvalue weighted by Gasteiger charge is 2.25. The molecule has 0 saturated heterocycles. The summed E-state index contributed by atoms with van der Waals surface area (Å²) in [6, 6.07) is 7.72. The quantitative estimate of drug-likeness (QED) is 0.733. The molecule has 0 aliphatic carbocycles. The van der Waals surface area contributed by atoms with Crippen LogP contribution in [0.25, 0.3) is 0 Å². The first-order valence-corrected chi connectivity index (χ1v) is 9.70. The molecular weight excluding hydrogens is 376 g/mol. The van der Waals surface area contributed by atoms with Gasteiger partial charge in [0.15, 0.2) is 5.13 Å². The number of carbonyl (C=O) groups is 3. The Labute approximate surface area is 166 Å². The molecule has 144 valence electrons. The minimum absolute atomic E-state index is 0.0882. The van der Waals surface area contributed by atoms with Gasteiger partial charge in [0.25, 0.3) is 5.91 Å². The minimum atomic E-state index is -0.950. The Morgan fingerprint density at radius 2 is 1.93 bits per heavy atom. The predicted octanol–water partition coefficient (Wildman–Crippen LogP) is 3.17. The molecule has 2 N–H and O–H groups in total. The fraction of sp³-hybridized carbons (Fsp3) is 0.250. The maximum absolute atomic E-state index is 12.2. The van der Waals surface area contributed by atoms with E-state index in [1.807, 2.05) is 24.3 Å². The van der Waals surface area contributed by atoms with Gasteiger partial charge in [-0.05, 0) is 29.7 Å². The first-order valence-electron chi connectivity index (χ1n) is 8.82. The van der Waals surface area contributed by atoms with Gasteiger partial charge in [-0.15, -0.1) is 11.3 Å². The van der Waals surface area contributed by atoms with Gasteiger partial charge in [0.2, 0.25) is 11.8 Å². The Balaban J connectivity index is 1.54. The number of anilines is 2. The largest absolute Gasteiger partial charge is 0.326 e. The van der Waals surface area contributed by atoms with Crippen LogP contribution in [0.15, 0.2) is 46.8 Å². The third-order valence-corrected chi connectivity index (χ3v) is 4.93. The number of benzene rings is 1. The van der Waals surface area contributed by atoms with Crippen molar-refractivity contribution in [1.29, 1.82) is 0 Å². The van der Waals surface area contributed by atoms with Crippen LogP contribution in [0.5, 0.6) is 0 Å². The van der Waals surface area contributed by atoms with Crippen molar-refractivity contribution in [3.8, 4) is 0 Å². The Bertz CT molecular complexity index is 945. The van der Waals surface area contributed by atoms with Crippen LogP contribution in [-0.4, -0.2) is 28.9 Å². The summed E-state index contributed by atoms with van der Waals surface area (Å²) in [5, 5.41) is 7.47. The molecule has 0 fully saturated rings. The maximum atomic E-state index is 12.2. The van der Waals surface area contributed by atoms with Crippen LogP contribution in [0.4, 0.5) is 10.8 Å². The number of hydrogen-bond acceptors (Lipinski definition) is 5. The van der Waals surface area contributed by atoms with Crippen molar-refractivity contribution in [1.82, 2.24) is 4.98 Å². The number of nitrogens with zero attached hydrogens (tertiary/aromatic N) is 2. The van der Waals surface area contributed by atoms with E-state index in [0.29, 0.717) is 16.7 Å². The topological polar surface area (TPSA) is 101 Å². The smallest absolute Gasteiger partial charge is 0.262 e. The first kappa shape index (κ1) is 19.6. The van der Waals surface area contributed by atoms with Crippen molar-refractivity contribution in [3.05, 3.63) is 53.1 Å². The van der Waals surface area contributed by atoms with Crippen molar-refractivity contribution < 1.29 is 14.4 Å². The highest BCUT2D eigenvalue weighted by atomic mass is 32.1. The lowest BCUT2D eigenvalue weighted by atomic mass is 10.0. The Hall–Kier alpha value is -3.13. The zero-order valence-corrected chi connectivity index (χ0v) is 16.3. The van der Waals surface area contributed by atoms with Gasteiger partial charge < -0.3 is 10.6 Å². The van der Waals surface area contributed by atoms with Gasteiger partial charge >= 0.3 is 0 Å². The van der Waals surface area contributed by atoms with E-state index in [0.717, 1.165) is 5.69 Å². The van der Waals surface area contributed by atoms with Crippen LogP contribution in [0, 0.1) is 5.92 Å². The fourth-order valence-corrected chi connectivity index (χ4v) is 3.30. The van der Waals surface area contributed by atoms with Crippen molar-refractivity contribution in [2.24, 2.45) is 10.9 Å². The second kappa shape index (κ2) is 8.71. The van der Waals surface area contributed by atoms with Crippen LogP contribution < -0.4 is 10.6 Å². The molecule has 1 aliphatic heterocycles. The summed E-state index contributed by atoms with van der Waals surface area (Å²) in [6.07, 6.45) is 4.47. The van der Waals surface area contributed by atoms with E-state index in [1.165, 1.54) is 29.2 Å². The first-order chi connectivity index (χ1) is 13.4. The van der Waals surface area contributed by atoms with E-state index in [2.05, 4.69) is 34.5 Å². The molecule has 2 aromatic rings. The summed E-state index contributed by atoms with van der Waals surface area (Å²) in [5.41, 5.74) is 2.47. The molecule has 0 bridgehead atoms. The molecule has 3 amide bonds. The SMILES string of the molecule is CC(C)c1ccc(NC(=O)Cc2csc(NC(=O)C3C=CC=NC3=O)n2)cc1. The average molecular weight is 396 g/mol. The van der Waals surface area contributed by atoms with Crippen molar-refractivity contribution in [2.45, 2.75) is 26.2 Å². The number of aliphatic imine (C=N–C) groups is 1. The molecule has 1 aliphatic rings. The fourth-order valence-electron chi connectivity index (χ4n) is 2.59. The Kier molecular flexibility index (Phi) is 6.10. The number of hydrogen-bond donors (Lipinski definition) is 2. The van der Waals surface area contributed by atoms with E-state index < -0.39 is 17.7 Å². The Morgan fingerprint density at radius 1 is 1.18 bits per heavy atom. The number of nitrogens with one attached hydrogen (secondary N) is 2. The lowest BCUT2D eigenvalue weighted by Crippen LogP contribution is -2.28. The van der Waals surface area contributed by atoms with Crippen molar-refractivity contribution >= 4 is 46.1 Å². The van der Waals surface area contributed by atoms with Gasteiger partial charge in [0.05, 0.1) is 12.1 Å². The molecule has 7 nitrogen and oxygen atoms in total. The summed E-state index contributed by atoms with van der Waals surface area (Å²) >= 11 is 1.20. The van der Waals surface area contributed by atoms with Gasteiger partial charge in [-0.2, -0.15) is 0 Å². The summed E-state index contributed by atoms with van der Waals surface area (Å²) in [5.74, 6) is -1.72. The third kappa shape index (κ3) is 4.98. The van der Waals surface area contributed by atoms with Gasteiger partial charge in [-0.25, -0.2) is 9.98 Å². The lowest BCUT2D eigenvalue weighted by molar-refractivity contribution is -0.128. The molecule has 28 heavy (non-hydrogen) atoms. The number of thiazole rings is 1. The predicted molar refractivity (Wildman–Crippen MR) is 110 cm³/mol. The van der Waals surface area contributed by atoms with Gasteiger partial charge in [0.1, 0.15) is 5.92 Å². The van der Waals surface area contributed by atoms with Crippen LogP contribution in [0.3, 0.4) is 0 Å². The van der Waals surface area contributed by atoms with E-state index in [4.69, 9.17) is 0 Å². The average Bonchev–Trinajstić information content (AvgIpc) is 3.09. The number of aromatic nitrogens is 1. The second-order valence-electron chi connectivity index (χ2n) is 6.61. The minimum Gasteiger partial charge on any atom is -0.326 e. The van der Waals surface area contributed by atoms with E-state index in [-0.39, 0.29) is 12.3 Å². The van der Waals surface area contributed by atoms with Gasteiger partial charge in [0, 0.05) is 17.3 Å². The standard InChI is InChI=1S/C20H20N4O3S/c1-12(2)13-5-7-14(8-6-13)22-17(25)10-15-11-28-20(23-15)24-19(27)16-4-3-9-21-18(16)26/h3-9,11-12,16H,10H2,1-2H3,(H,22,25)(H,23,24,27). The zero-order chi connectivity index (χ0) is 20.1. The number of carbonyl (C=O) groups excluding carboxylic acids is 3. The molecule has 0 spiro atoms. The Morgan fingerprint density at radius 3 is 2.61 bits per heavy atom. The molecule has 1 aromatic carbocycles. The maximum Gasteiger partial charge on any atom is 0.262 e. The van der Waals surface area contributed by atoms with E-state index in [1.54, 1.807) is 11.5 Å². The highest BCUT2D eigenvalue weighted by Crippen LogP contribution is 2.20. The molecule has 1 atom stereocenters. The van der Waals surface area contributed by atoms with Gasteiger partial charge in [-0.1, -0.05) is 32.1 Å². The molecular formula is C20H20N4O3S. The molecule has 1 aromatic heterocycles. The molecule has 2 heterocycles. The van der Waals surface area contributed by atoms with Crippen LogP contribution in [0.1, 0.15) is 31.0 Å². The van der Waals surface area contributed by atoms with E-state index in [9.17, 15) is 14.4 Å². The summed E-state index contributed by atoms with van der Waals surface area (Å²) < 4.78 is 0. The molecule has 0 radical (unpaired) electrons. The summed E-state index contributed by atoms with van der Waals surface area (Å²) in [7, 11) is 0. The molecule has 1 unspecified atom stereocenters. The lowest BCUT2D eigenvalue weighted by Gasteiger charge is -2.09. The van der Waals surface area contributed by atoms with Crippen LogP contribution in [0.2, 0.25) is 0 Å². The number of rotatable bonds is 6. The molecule has 3 rings (SSSR count). The van der Waals surface area contributed by atoms with Crippen molar-refractivity contribution in [3.63, 3.8) is 0 Å².